The van der Waals surface area contributed by atoms with Crippen molar-refractivity contribution in [3.05, 3.63) is 100 Å². The molecule has 38 heavy (non-hydrogen) atoms. The van der Waals surface area contributed by atoms with Gasteiger partial charge in [-0.05, 0) is 41.8 Å². The van der Waals surface area contributed by atoms with E-state index in [0.29, 0.717) is 6.42 Å². The molecule has 3 aromatic carbocycles. The van der Waals surface area contributed by atoms with Crippen LogP contribution in [0.1, 0.15) is 34.3 Å². The number of fused-ring (bicyclic) bond motifs is 1. The number of carbonyl (C=O) groups is 3. The number of halogens is 1. The van der Waals surface area contributed by atoms with Crippen LogP contribution in [0.2, 0.25) is 0 Å². The van der Waals surface area contributed by atoms with Crippen molar-refractivity contribution in [2.75, 3.05) is 13.6 Å². The normalized spacial score (nSPS) is 14.6. The summed E-state index contributed by atoms with van der Waals surface area (Å²) in [6, 6.07) is 22.2. The topological polar surface area (TPSA) is 104 Å². The quantitative estimate of drug-likeness (QED) is 0.383. The van der Waals surface area contributed by atoms with Crippen LogP contribution in [0.25, 0.3) is 0 Å². The summed E-state index contributed by atoms with van der Waals surface area (Å²) in [5.74, 6) is -1.20. The van der Waals surface area contributed by atoms with E-state index in [1.54, 1.807) is 12.1 Å². The van der Waals surface area contributed by atoms with Crippen molar-refractivity contribution in [1.82, 2.24) is 14.5 Å². The molecular weight excluding hydrogens is 570 g/mol. The molecule has 0 radical (unpaired) electrons. The van der Waals surface area contributed by atoms with Crippen LogP contribution in [-0.4, -0.2) is 55.0 Å². The number of sulfonamides is 1. The predicted octanol–water partition coefficient (Wildman–Crippen LogP) is 3.76. The molecule has 4 rings (SSSR count). The summed E-state index contributed by atoms with van der Waals surface area (Å²) in [6.45, 7) is 0.0607. The highest BCUT2D eigenvalue weighted by atomic mass is 79.9. The molecule has 1 N–H and O–H groups in total. The van der Waals surface area contributed by atoms with E-state index in [1.165, 1.54) is 24.1 Å². The Bertz CT molecular complexity index is 1450. The molecule has 0 saturated carbocycles. The molecule has 198 valence electrons. The van der Waals surface area contributed by atoms with Gasteiger partial charge in [-0.2, -0.15) is 0 Å². The smallest absolute Gasteiger partial charge is 0.269 e. The highest BCUT2D eigenvalue weighted by molar-refractivity contribution is 9.10. The first-order valence-electron chi connectivity index (χ1n) is 12.2. The maximum Gasteiger partial charge on any atom is 0.269 e. The summed E-state index contributed by atoms with van der Waals surface area (Å²) in [4.78, 5) is 40.9. The Morgan fingerprint density at radius 1 is 0.974 bits per heavy atom. The fourth-order valence-electron chi connectivity index (χ4n) is 4.52. The molecule has 1 heterocycles. The van der Waals surface area contributed by atoms with Crippen LogP contribution in [0.4, 0.5) is 0 Å². The van der Waals surface area contributed by atoms with Crippen LogP contribution in [0, 0.1) is 0 Å². The van der Waals surface area contributed by atoms with Crippen molar-refractivity contribution in [2.24, 2.45) is 0 Å². The first-order valence-corrected chi connectivity index (χ1v) is 14.4. The monoisotopic (exact) mass is 597 g/mol. The molecule has 0 saturated heterocycles. The van der Waals surface area contributed by atoms with E-state index in [9.17, 15) is 22.8 Å². The summed E-state index contributed by atoms with van der Waals surface area (Å²) in [7, 11) is -2.42. The fraction of sp³-hybridized carbons (Fsp3) is 0.250. The van der Waals surface area contributed by atoms with Gasteiger partial charge in [-0.25, -0.2) is 12.7 Å². The van der Waals surface area contributed by atoms with E-state index in [4.69, 9.17) is 0 Å². The molecule has 3 aromatic rings. The summed E-state index contributed by atoms with van der Waals surface area (Å²) in [6.07, 6.45) is 0.402. The van der Waals surface area contributed by atoms with Gasteiger partial charge >= 0.3 is 0 Å². The van der Waals surface area contributed by atoms with Gasteiger partial charge in [0.2, 0.25) is 11.8 Å². The molecule has 1 aliphatic rings. The number of hydrogen-bond acceptors (Lipinski definition) is 5. The van der Waals surface area contributed by atoms with E-state index in [1.807, 2.05) is 54.6 Å². The lowest BCUT2D eigenvalue weighted by molar-refractivity contribution is -0.141. The van der Waals surface area contributed by atoms with Crippen molar-refractivity contribution in [2.45, 2.75) is 36.7 Å². The Morgan fingerprint density at radius 3 is 2.34 bits per heavy atom. The summed E-state index contributed by atoms with van der Waals surface area (Å²) >= 11 is 3.45. The third kappa shape index (κ3) is 5.97. The molecule has 1 atom stereocenters. The number of nitrogens with one attached hydrogen (secondary N) is 1. The Morgan fingerprint density at radius 2 is 1.66 bits per heavy atom. The van der Waals surface area contributed by atoms with E-state index in [-0.39, 0.29) is 48.2 Å². The van der Waals surface area contributed by atoms with Gasteiger partial charge in [0.1, 0.15) is 10.9 Å². The standard InChI is InChI=1S/C28H28BrN3O5S/c1-30-27(34)24(18-20-9-3-2-4-10-20)31(19-21-11-7-12-22(29)17-21)26(33)15-8-16-32-28(35)23-13-5-6-14-25(23)38(32,36)37/h2-7,9-14,17,24H,8,15-16,18-19H2,1H3,(H,30,34)/t24-/m0/s1. The fourth-order valence-corrected chi connectivity index (χ4v) is 6.58. The van der Waals surface area contributed by atoms with Crippen LogP contribution in [0.3, 0.4) is 0 Å². The summed E-state index contributed by atoms with van der Waals surface area (Å²) < 4.78 is 27.4. The number of rotatable bonds is 10. The van der Waals surface area contributed by atoms with Gasteiger partial charge in [0, 0.05) is 37.5 Å². The van der Waals surface area contributed by atoms with Crippen molar-refractivity contribution in [3.8, 4) is 0 Å². The number of nitrogens with zero attached hydrogens (tertiary/aromatic N) is 2. The molecule has 1 aliphatic heterocycles. The summed E-state index contributed by atoms with van der Waals surface area (Å²) in [5.41, 5.74) is 1.87. The van der Waals surface area contributed by atoms with Gasteiger partial charge in [0.05, 0.1) is 5.56 Å². The van der Waals surface area contributed by atoms with Crippen molar-refractivity contribution in [1.29, 1.82) is 0 Å². The lowest BCUT2D eigenvalue weighted by Crippen LogP contribution is -2.49. The lowest BCUT2D eigenvalue weighted by atomic mass is 10.0. The van der Waals surface area contributed by atoms with Crippen LogP contribution in [0.15, 0.2) is 88.2 Å². The first kappa shape index (κ1) is 27.5. The van der Waals surface area contributed by atoms with E-state index >= 15 is 0 Å². The zero-order chi connectivity index (χ0) is 27.3. The number of likely N-dealkylation sites (N-methyl/N-ethyl adjacent to an activating group) is 1. The number of amides is 3. The molecule has 0 bridgehead atoms. The van der Waals surface area contributed by atoms with Crippen LogP contribution in [-0.2, 0) is 32.6 Å². The Labute approximate surface area is 230 Å². The van der Waals surface area contributed by atoms with Crippen LogP contribution >= 0.6 is 15.9 Å². The Kier molecular flexibility index (Phi) is 8.63. The van der Waals surface area contributed by atoms with E-state index in [2.05, 4.69) is 21.2 Å². The van der Waals surface area contributed by atoms with Gasteiger partial charge in [-0.1, -0.05) is 70.5 Å². The van der Waals surface area contributed by atoms with Gasteiger partial charge in [0.25, 0.3) is 15.9 Å². The zero-order valence-electron chi connectivity index (χ0n) is 20.8. The molecule has 3 amide bonds. The molecule has 10 heteroatoms. The molecule has 0 spiro atoms. The van der Waals surface area contributed by atoms with Crippen molar-refractivity contribution in [3.63, 3.8) is 0 Å². The van der Waals surface area contributed by atoms with Gasteiger partial charge in [0.15, 0.2) is 0 Å². The number of hydrogen-bond donors (Lipinski definition) is 1. The highest BCUT2D eigenvalue weighted by Gasteiger charge is 2.40. The number of carbonyl (C=O) groups excluding carboxylic acids is 3. The average molecular weight is 599 g/mol. The first-order chi connectivity index (χ1) is 18.2. The van der Waals surface area contributed by atoms with Crippen molar-refractivity contribution < 1.29 is 22.8 Å². The second-order valence-electron chi connectivity index (χ2n) is 8.95. The Hall–Kier alpha value is -3.50. The Balaban J connectivity index is 1.54. The lowest BCUT2D eigenvalue weighted by Gasteiger charge is -2.31. The zero-order valence-corrected chi connectivity index (χ0v) is 23.2. The molecule has 0 fully saturated rings. The minimum Gasteiger partial charge on any atom is -0.357 e. The highest BCUT2D eigenvalue weighted by Crippen LogP contribution is 2.30. The van der Waals surface area contributed by atoms with Crippen LogP contribution in [0.5, 0.6) is 0 Å². The van der Waals surface area contributed by atoms with E-state index in [0.717, 1.165) is 19.9 Å². The molecule has 0 unspecified atom stereocenters. The molecule has 8 nitrogen and oxygen atoms in total. The third-order valence-electron chi connectivity index (χ3n) is 6.42. The third-order valence-corrected chi connectivity index (χ3v) is 8.76. The predicted molar refractivity (Wildman–Crippen MR) is 147 cm³/mol. The maximum atomic E-state index is 13.6. The molecular formula is C28H28BrN3O5S. The molecule has 0 aliphatic carbocycles. The number of benzene rings is 3. The van der Waals surface area contributed by atoms with Crippen LogP contribution < -0.4 is 5.32 Å². The van der Waals surface area contributed by atoms with Gasteiger partial charge in [-0.15, -0.1) is 0 Å². The summed E-state index contributed by atoms with van der Waals surface area (Å²) in [5, 5.41) is 2.67. The largest absolute Gasteiger partial charge is 0.357 e. The second kappa shape index (κ2) is 11.9. The van der Waals surface area contributed by atoms with Crippen molar-refractivity contribution >= 4 is 43.7 Å². The minimum atomic E-state index is -3.95. The average Bonchev–Trinajstić information content (AvgIpc) is 3.11. The molecule has 0 aromatic heterocycles. The minimum absolute atomic E-state index is 0.0184. The second-order valence-corrected chi connectivity index (χ2v) is 11.7. The maximum absolute atomic E-state index is 13.6. The van der Waals surface area contributed by atoms with Gasteiger partial charge in [-0.3, -0.25) is 14.4 Å². The van der Waals surface area contributed by atoms with Gasteiger partial charge < -0.3 is 10.2 Å². The SMILES string of the molecule is CNC(=O)[C@H](Cc1ccccc1)N(Cc1cccc(Br)c1)C(=O)CCCN1C(=O)c2ccccc2S1(=O)=O. The van der Waals surface area contributed by atoms with E-state index < -0.39 is 22.0 Å².